The monoisotopic (exact) mass is 361 g/mol. The second-order valence-electron chi connectivity index (χ2n) is 6.23. The number of hydrogen-bond acceptors (Lipinski definition) is 4. The Bertz CT molecular complexity index is 995. The molecule has 0 spiro atoms. The van der Waals surface area contributed by atoms with Crippen LogP contribution in [0.2, 0.25) is 0 Å². The van der Waals surface area contributed by atoms with E-state index in [-0.39, 0.29) is 17.9 Å². The molecule has 2 N–H and O–H groups in total. The lowest BCUT2D eigenvalue weighted by Crippen LogP contribution is -2.31. The van der Waals surface area contributed by atoms with E-state index >= 15 is 0 Å². The van der Waals surface area contributed by atoms with E-state index in [2.05, 4.69) is 4.98 Å². The number of aromatic amines is 1. The molecule has 27 heavy (non-hydrogen) atoms. The van der Waals surface area contributed by atoms with Gasteiger partial charge in [0.05, 0.1) is 24.4 Å². The number of Topliss-reactive ketones (excluding diaryl/α,β-unsaturated/α-hetero) is 1. The van der Waals surface area contributed by atoms with Crippen LogP contribution in [0.5, 0.6) is 0 Å². The number of pyridine rings is 1. The Morgan fingerprint density at radius 1 is 1.11 bits per heavy atom. The molecule has 3 aromatic rings. The van der Waals surface area contributed by atoms with E-state index < -0.39 is 23.5 Å². The van der Waals surface area contributed by atoms with Crippen molar-refractivity contribution in [1.29, 1.82) is 0 Å². The molecule has 6 nitrogen and oxygen atoms in total. The molecule has 1 aliphatic heterocycles. The molecule has 3 heterocycles. The molecule has 6 heteroatoms. The molecular weight excluding hydrogens is 344 g/mol. The lowest BCUT2D eigenvalue weighted by molar-refractivity contribution is -0.378. The number of benzene rings is 1. The van der Waals surface area contributed by atoms with E-state index in [4.69, 9.17) is 4.42 Å². The highest BCUT2D eigenvalue weighted by Crippen LogP contribution is 2.39. The van der Waals surface area contributed by atoms with Gasteiger partial charge in [-0.2, -0.15) is 0 Å². The molecular formula is C21H17N2O4+. The molecule has 0 bridgehead atoms. The number of H-pyrrole nitrogens is 1. The van der Waals surface area contributed by atoms with Crippen LogP contribution in [0.3, 0.4) is 0 Å². The van der Waals surface area contributed by atoms with Gasteiger partial charge < -0.3 is 14.4 Å². The molecule has 1 aliphatic rings. The van der Waals surface area contributed by atoms with Crippen LogP contribution >= 0.6 is 0 Å². The topological polar surface area (TPSA) is 84.9 Å². The number of carbonyl (C=O) groups excluding carboxylic acids is 2. The summed E-state index contributed by atoms with van der Waals surface area (Å²) in [6.07, 6.45) is 4.93. The summed E-state index contributed by atoms with van der Waals surface area (Å²) in [7, 11) is 0. The molecule has 1 amide bonds. The van der Waals surface area contributed by atoms with E-state index in [1.165, 1.54) is 17.2 Å². The van der Waals surface area contributed by atoms with Gasteiger partial charge in [-0.25, -0.2) is 4.98 Å². The van der Waals surface area contributed by atoms with Crippen LogP contribution < -0.4 is 4.98 Å². The molecule has 0 radical (unpaired) electrons. The zero-order chi connectivity index (χ0) is 18.8. The van der Waals surface area contributed by atoms with Gasteiger partial charge in [-0.1, -0.05) is 30.3 Å². The van der Waals surface area contributed by atoms with Gasteiger partial charge >= 0.3 is 0 Å². The third kappa shape index (κ3) is 3.01. The minimum atomic E-state index is -0.698. The Morgan fingerprint density at radius 3 is 2.59 bits per heavy atom. The number of aliphatic hydroxyl groups is 1. The highest BCUT2D eigenvalue weighted by Gasteiger charge is 2.44. The van der Waals surface area contributed by atoms with Gasteiger partial charge in [-0.05, 0) is 23.8 Å². The fourth-order valence-corrected chi connectivity index (χ4v) is 3.30. The number of amides is 1. The average Bonchev–Trinajstić information content (AvgIpc) is 3.32. The molecule has 1 unspecified atom stereocenters. The van der Waals surface area contributed by atoms with E-state index in [9.17, 15) is 14.7 Å². The standard InChI is InChI=1S/C21H16N2O4/c24-19(16-9-5-11-27-16)17-18(15-7-2-1-3-8-15)23(21(26)20(17)25)13-14-6-4-10-22-12-14/h1-12,18,25H,13H2/p+1. The number of rotatable bonds is 5. The van der Waals surface area contributed by atoms with Crippen molar-refractivity contribution in [3.8, 4) is 0 Å². The first-order valence-electron chi connectivity index (χ1n) is 8.49. The molecule has 1 atom stereocenters. The Morgan fingerprint density at radius 2 is 1.93 bits per heavy atom. The molecule has 0 fully saturated rings. The summed E-state index contributed by atoms with van der Waals surface area (Å²) in [5.74, 6) is -1.53. The summed E-state index contributed by atoms with van der Waals surface area (Å²) in [4.78, 5) is 30.2. The van der Waals surface area contributed by atoms with E-state index in [0.29, 0.717) is 0 Å². The number of nitrogens with one attached hydrogen (secondary N) is 1. The first kappa shape index (κ1) is 16.8. The first-order chi connectivity index (χ1) is 13.2. The minimum absolute atomic E-state index is 0.0288. The molecule has 134 valence electrons. The van der Waals surface area contributed by atoms with E-state index in [1.54, 1.807) is 18.5 Å². The quantitative estimate of drug-likeness (QED) is 0.708. The number of carbonyl (C=O) groups is 2. The highest BCUT2D eigenvalue weighted by molar-refractivity contribution is 6.14. The van der Waals surface area contributed by atoms with Crippen LogP contribution in [-0.4, -0.2) is 21.7 Å². The third-order valence-corrected chi connectivity index (χ3v) is 4.53. The van der Waals surface area contributed by atoms with Crippen LogP contribution in [0.1, 0.15) is 27.7 Å². The van der Waals surface area contributed by atoms with Crippen molar-refractivity contribution >= 4 is 11.7 Å². The van der Waals surface area contributed by atoms with Crippen molar-refractivity contribution in [3.63, 3.8) is 0 Å². The molecule has 1 aromatic carbocycles. The minimum Gasteiger partial charge on any atom is -0.503 e. The van der Waals surface area contributed by atoms with Crippen molar-refractivity contribution in [2.45, 2.75) is 12.6 Å². The van der Waals surface area contributed by atoms with Crippen LogP contribution in [0, 0.1) is 0 Å². The maximum atomic E-state index is 12.9. The predicted molar refractivity (Wildman–Crippen MR) is 95.4 cm³/mol. The molecule has 0 aliphatic carbocycles. The maximum absolute atomic E-state index is 12.9. The summed E-state index contributed by atoms with van der Waals surface area (Å²) in [6.45, 7) is 0.245. The molecule has 4 rings (SSSR count). The zero-order valence-electron chi connectivity index (χ0n) is 14.3. The van der Waals surface area contributed by atoms with Crippen LogP contribution in [-0.2, 0) is 11.3 Å². The van der Waals surface area contributed by atoms with Gasteiger partial charge in [-0.15, -0.1) is 0 Å². The second-order valence-corrected chi connectivity index (χ2v) is 6.23. The van der Waals surface area contributed by atoms with Gasteiger partial charge in [0.2, 0.25) is 5.78 Å². The number of furan rings is 1. The molecule has 0 saturated carbocycles. The number of nitrogens with zero attached hydrogens (tertiary/aromatic N) is 1. The van der Waals surface area contributed by atoms with Crippen molar-refractivity contribution in [1.82, 2.24) is 4.90 Å². The number of aromatic nitrogens is 1. The van der Waals surface area contributed by atoms with Gasteiger partial charge in [0, 0.05) is 11.6 Å². The number of aliphatic hydroxyl groups excluding tert-OH is 1. The second kappa shape index (κ2) is 6.92. The van der Waals surface area contributed by atoms with Crippen molar-refractivity contribution in [2.75, 3.05) is 0 Å². The fraction of sp³-hybridized carbons (Fsp3) is 0.0952. The summed E-state index contributed by atoms with van der Waals surface area (Å²) in [6, 6.07) is 15.3. The van der Waals surface area contributed by atoms with Gasteiger partial charge in [0.1, 0.15) is 0 Å². The van der Waals surface area contributed by atoms with E-state index in [1.807, 2.05) is 42.5 Å². The largest absolute Gasteiger partial charge is 0.503 e. The predicted octanol–water partition coefficient (Wildman–Crippen LogP) is 2.87. The van der Waals surface area contributed by atoms with Gasteiger partial charge in [0.15, 0.2) is 23.9 Å². The van der Waals surface area contributed by atoms with E-state index in [0.717, 1.165) is 11.1 Å². The lowest BCUT2D eigenvalue weighted by Gasteiger charge is -2.26. The summed E-state index contributed by atoms with van der Waals surface area (Å²) >= 11 is 0. The maximum Gasteiger partial charge on any atom is 0.290 e. The van der Waals surface area contributed by atoms with Crippen LogP contribution in [0.15, 0.2) is 89.0 Å². The number of ketones is 1. The third-order valence-electron chi connectivity index (χ3n) is 4.53. The fourth-order valence-electron chi connectivity index (χ4n) is 3.30. The molecule has 2 aromatic heterocycles. The average molecular weight is 361 g/mol. The van der Waals surface area contributed by atoms with Gasteiger partial charge in [0.25, 0.3) is 5.91 Å². The van der Waals surface area contributed by atoms with Crippen molar-refractivity contribution in [3.05, 3.63) is 101 Å². The van der Waals surface area contributed by atoms with Crippen molar-refractivity contribution in [2.24, 2.45) is 0 Å². The SMILES string of the molecule is O=C(C1=C(O)C(=O)N(Cc2ccc[nH+]c2)C1c1ccccc1)c1ccco1. The normalized spacial score (nSPS) is 16.8. The molecule has 0 saturated heterocycles. The lowest BCUT2D eigenvalue weighted by atomic mass is 9.95. The summed E-state index contributed by atoms with van der Waals surface area (Å²) in [5, 5.41) is 10.5. The van der Waals surface area contributed by atoms with Crippen LogP contribution in [0.4, 0.5) is 0 Å². The smallest absolute Gasteiger partial charge is 0.290 e. The Hall–Kier alpha value is -3.67. The van der Waals surface area contributed by atoms with Crippen molar-refractivity contribution < 1.29 is 24.1 Å². The summed E-state index contributed by atoms with van der Waals surface area (Å²) in [5.41, 5.74) is 1.62. The van der Waals surface area contributed by atoms with Gasteiger partial charge in [-0.3, -0.25) is 9.59 Å². The summed E-state index contributed by atoms with van der Waals surface area (Å²) < 4.78 is 5.20. The van der Waals surface area contributed by atoms with Crippen LogP contribution in [0.25, 0.3) is 0 Å². The zero-order valence-corrected chi connectivity index (χ0v) is 14.3. The highest BCUT2D eigenvalue weighted by atomic mass is 16.3. The Labute approximate surface area is 155 Å². The number of hydrogen-bond donors (Lipinski definition) is 1. The Balaban J connectivity index is 1.79. The Kier molecular flexibility index (Phi) is 4.30. The first-order valence-corrected chi connectivity index (χ1v) is 8.49.